The lowest BCUT2D eigenvalue weighted by molar-refractivity contribution is -0.148. The number of aliphatic hydroxyl groups excluding tert-OH is 1. The maximum atomic E-state index is 11.8. The van der Waals surface area contributed by atoms with E-state index in [1.807, 2.05) is 20.8 Å². The van der Waals surface area contributed by atoms with E-state index in [1.165, 1.54) is 7.11 Å². The number of aliphatic hydroxyl groups is 1. The summed E-state index contributed by atoms with van der Waals surface area (Å²) in [5.74, 6) is 1.50. The minimum Gasteiger partial charge on any atom is -0.468 e. The van der Waals surface area contributed by atoms with Gasteiger partial charge in [-0.3, -0.25) is 10.1 Å². The Morgan fingerprint density at radius 3 is 2.59 bits per heavy atom. The van der Waals surface area contributed by atoms with Crippen molar-refractivity contribution in [2.24, 2.45) is 0 Å². The molecule has 1 unspecified atom stereocenters. The highest BCUT2D eigenvalue weighted by atomic mass is 32.2. The molecule has 0 radical (unpaired) electrons. The fourth-order valence-electron chi connectivity index (χ4n) is 1.79. The Bertz CT molecular complexity index is 224. The van der Waals surface area contributed by atoms with Crippen LogP contribution in [0.25, 0.3) is 0 Å². The zero-order valence-electron chi connectivity index (χ0n) is 11.3. The first-order valence-electron chi connectivity index (χ1n) is 6.01. The third-order valence-electron chi connectivity index (χ3n) is 2.44. The molecule has 0 aromatic heterocycles. The Kier molecular flexibility index (Phi) is 8.64. The molecule has 0 spiro atoms. The van der Waals surface area contributed by atoms with Gasteiger partial charge < -0.3 is 9.84 Å². The third kappa shape index (κ3) is 6.91. The molecule has 0 aromatic carbocycles. The van der Waals surface area contributed by atoms with Crippen LogP contribution in [0.4, 0.5) is 0 Å². The van der Waals surface area contributed by atoms with E-state index in [1.54, 1.807) is 11.8 Å². The lowest BCUT2D eigenvalue weighted by Crippen LogP contribution is -2.53. The second kappa shape index (κ2) is 8.78. The molecule has 0 fully saturated rings. The van der Waals surface area contributed by atoms with Gasteiger partial charge in [0.25, 0.3) is 0 Å². The molecule has 0 heterocycles. The van der Waals surface area contributed by atoms with Crippen molar-refractivity contribution in [2.75, 3.05) is 25.2 Å². The van der Waals surface area contributed by atoms with Gasteiger partial charge in [-0.2, -0.15) is 11.8 Å². The van der Waals surface area contributed by atoms with E-state index in [9.17, 15) is 4.79 Å². The first kappa shape index (κ1) is 16.7. The summed E-state index contributed by atoms with van der Waals surface area (Å²) in [6, 6.07) is 0.240. The van der Waals surface area contributed by atoms with Gasteiger partial charge >= 0.3 is 5.97 Å². The van der Waals surface area contributed by atoms with Crippen molar-refractivity contribution in [3.63, 3.8) is 0 Å². The van der Waals surface area contributed by atoms with Crippen molar-refractivity contribution in [3.8, 4) is 0 Å². The number of rotatable bonds is 9. The zero-order chi connectivity index (χ0) is 13.3. The first-order valence-corrected chi connectivity index (χ1v) is 7.16. The summed E-state index contributed by atoms with van der Waals surface area (Å²) in [6.45, 7) is 6.13. The van der Waals surface area contributed by atoms with Gasteiger partial charge in [0, 0.05) is 11.8 Å². The van der Waals surface area contributed by atoms with Gasteiger partial charge in [-0.15, -0.1) is 0 Å². The summed E-state index contributed by atoms with van der Waals surface area (Å²) in [5, 5.41) is 11.9. The van der Waals surface area contributed by atoms with Crippen LogP contribution in [-0.4, -0.2) is 47.9 Å². The molecule has 0 amide bonds. The second-order valence-corrected chi connectivity index (χ2v) is 5.79. The van der Waals surface area contributed by atoms with Crippen LogP contribution in [0, 0.1) is 0 Å². The zero-order valence-corrected chi connectivity index (χ0v) is 12.1. The molecule has 5 heteroatoms. The Morgan fingerprint density at radius 1 is 1.47 bits per heavy atom. The summed E-state index contributed by atoms with van der Waals surface area (Å²) in [4.78, 5) is 11.8. The molecule has 1 atom stereocenters. The lowest BCUT2D eigenvalue weighted by atomic mass is 9.95. The number of ether oxygens (including phenoxy) is 1. The van der Waals surface area contributed by atoms with Crippen LogP contribution in [0.3, 0.4) is 0 Å². The number of methoxy groups -OCH3 is 1. The van der Waals surface area contributed by atoms with E-state index in [4.69, 9.17) is 9.84 Å². The number of carbonyl (C=O) groups excluding carboxylic acids is 1. The number of thioether (sulfide) groups is 1. The van der Waals surface area contributed by atoms with Crippen molar-refractivity contribution >= 4 is 17.7 Å². The molecule has 2 N–H and O–H groups in total. The SMILES string of the molecule is COC(=O)C(C)(CCCSCCO)NC(C)C. The number of nitrogens with one attached hydrogen (secondary N) is 1. The highest BCUT2D eigenvalue weighted by Crippen LogP contribution is 2.17. The van der Waals surface area contributed by atoms with Crippen molar-refractivity contribution < 1.29 is 14.6 Å². The minimum atomic E-state index is -0.608. The van der Waals surface area contributed by atoms with Crippen molar-refractivity contribution in [2.45, 2.75) is 45.2 Å². The number of esters is 1. The predicted molar refractivity (Wildman–Crippen MR) is 72.3 cm³/mol. The van der Waals surface area contributed by atoms with E-state index in [0.717, 1.165) is 24.3 Å². The van der Waals surface area contributed by atoms with E-state index in [2.05, 4.69) is 5.32 Å². The Hall–Kier alpha value is -0.260. The topological polar surface area (TPSA) is 58.6 Å². The van der Waals surface area contributed by atoms with Crippen molar-refractivity contribution in [1.29, 1.82) is 0 Å². The quantitative estimate of drug-likeness (QED) is 0.487. The third-order valence-corrected chi connectivity index (χ3v) is 3.49. The molecule has 0 aliphatic rings. The highest BCUT2D eigenvalue weighted by Gasteiger charge is 2.33. The Balaban J connectivity index is 4.15. The summed E-state index contributed by atoms with van der Waals surface area (Å²) in [5.41, 5.74) is -0.608. The molecule has 0 saturated heterocycles. The fourth-order valence-corrected chi connectivity index (χ4v) is 2.47. The molecule has 0 rings (SSSR count). The van der Waals surface area contributed by atoms with E-state index >= 15 is 0 Å². The van der Waals surface area contributed by atoms with Gasteiger partial charge in [0.2, 0.25) is 0 Å². The van der Waals surface area contributed by atoms with Gasteiger partial charge in [-0.05, 0) is 39.4 Å². The monoisotopic (exact) mass is 263 g/mol. The standard InChI is InChI=1S/C12H25NO3S/c1-10(2)13-12(3,11(15)16-4)6-5-8-17-9-7-14/h10,13-14H,5-9H2,1-4H3. The second-order valence-electron chi connectivity index (χ2n) is 4.56. The highest BCUT2D eigenvalue weighted by molar-refractivity contribution is 7.99. The first-order chi connectivity index (χ1) is 7.96. The molecule has 102 valence electrons. The maximum Gasteiger partial charge on any atom is 0.325 e. The van der Waals surface area contributed by atoms with E-state index in [0.29, 0.717) is 0 Å². The molecule has 0 aliphatic heterocycles. The largest absolute Gasteiger partial charge is 0.468 e. The van der Waals surface area contributed by atoms with Gasteiger partial charge in [0.05, 0.1) is 13.7 Å². The van der Waals surface area contributed by atoms with Gasteiger partial charge in [0.1, 0.15) is 5.54 Å². The maximum absolute atomic E-state index is 11.8. The molecule has 0 aromatic rings. The molecule has 17 heavy (non-hydrogen) atoms. The Labute approximate surface area is 108 Å². The summed E-state index contributed by atoms with van der Waals surface area (Å²) < 4.78 is 4.85. The van der Waals surface area contributed by atoms with Crippen LogP contribution < -0.4 is 5.32 Å². The van der Waals surface area contributed by atoms with Gasteiger partial charge in [-0.1, -0.05) is 0 Å². The summed E-state index contributed by atoms with van der Waals surface area (Å²) in [6.07, 6.45) is 1.67. The summed E-state index contributed by atoms with van der Waals surface area (Å²) in [7, 11) is 1.42. The van der Waals surface area contributed by atoms with Crippen LogP contribution in [-0.2, 0) is 9.53 Å². The van der Waals surface area contributed by atoms with Crippen LogP contribution in [0.1, 0.15) is 33.6 Å². The van der Waals surface area contributed by atoms with Crippen molar-refractivity contribution in [3.05, 3.63) is 0 Å². The predicted octanol–water partition coefficient (Wildman–Crippen LogP) is 1.42. The Morgan fingerprint density at radius 2 is 2.12 bits per heavy atom. The number of carbonyl (C=O) groups is 1. The fraction of sp³-hybridized carbons (Fsp3) is 0.917. The molecule has 0 aliphatic carbocycles. The molecule has 0 saturated carbocycles. The lowest BCUT2D eigenvalue weighted by Gasteiger charge is -2.30. The normalized spacial score (nSPS) is 14.7. The minimum absolute atomic E-state index is 0.210. The van der Waals surface area contributed by atoms with Crippen LogP contribution in [0.5, 0.6) is 0 Å². The van der Waals surface area contributed by atoms with E-state index in [-0.39, 0.29) is 18.6 Å². The average molecular weight is 263 g/mol. The van der Waals surface area contributed by atoms with E-state index < -0.39 is 5.54 Å². The average Bonchev–Trinajstić information content (AvgIpc) is 2.26. The number of hydrogen-bond acceptors (Lipinski definition) is 5. The van der Waals surface area contributed by atoms with Crippen LogP contribution in [0.15, 0.2) is 0 Å². The van der Waals surface area contributed by atoms with Crippen LogP contribution in [0.2, 0.25) is 0 Å². The molecular weight excluding hydrogens is 238 g/mol. The van der Waals surface area contributed by atoms with Gasteiger partial charge in [-0.25, -0.2) is 0 Å². The molecule has 0 bridgehead atoms. The van der Waals surface area contributed by atoms with Crippen molar-refractivity contribution in [1.82, 2.24) is 5.32 Å². The summed E-state index contributed by atoms with van der Waals surface area (Å²) >= 11 is 1.70. The van der Waals surface area contributed by atoms with Crippen LogP contribution >= 0.6 is 11.8 Å². The van der Waals surface area contributed by atoms with Gasteiger partial charge in [0.15, 0.2) is 0 Å². The molecule has 4 nitrogen and oxygen atoms in total. The smallest absolute Gasteiger partial charge is 0.325 e. The molecular formula is C12H25NO3S. The number of hydrogen-bond donors (Lipinski definition) is 2.